The third-order valence-electron chi connectivity index (χ3n) is 3.46. The maximum absolute atomic E-state index is 5.40. The molecule has 2 aromatic heterocycles. The third-order valence-corrected chi connectivity index (χ3v) is 4.42. The number of nitrogens with one attached hydrogen (secondary N) is 1. The number of hydrogen-bond donors (Lipinski definition) is 1. The molecule has 0 unspecified atom stereocenters. The minimum Gasteiger partial charge on any atom is -0.381 e. The van der Waals surface area contributed by atoms with E-state index in [2.05, 4.69) is 20.6 Å². The van der Waals surface area contributed by atoms with Crippen LogP contribution in [-0.4, -0.2) is 46.6 Å². The molecule has 6 nitrogen and oxygen atoms in total. The topological polar surface area (TPSA) is 64.3 Å². The zero-order valence-electron chi connectivity index (χ0n) is 11.1. The number of aryl methyl sites for hydroxylation is 1. The van der Waals surface area contributed by atoms with Gasteiger partial charge in [-0.2, -0.15) is 9.61 Å². The molecule has 2 aromatic rings. The summed E-state index contributed by atoms with van der Waals surface area (Å²) in [5.41, 5.74) is 0. The van der Waals surface area contributed by atoms with Gasteiger partial charge in [0, 0.05) is 25.6 Å². The fourth-order valence-corrected chi connectivity index (χ4v) is 3.28. The van der Waals surface area contributed by atoms with E-state index in [1.54, 1.807) is 11.3 Å². The molecule has 19 heavy (non-hydrogen) atoms. The highest BCUT2D eigenvalue weighted by molar-refractivity contribution is 7.16. The average molecular weight is 281 g/mol. The van der Waals surface area contributed by atoms with Gasteiger partial charge in [-0.05, 0) is 32.9 Å². The predicted octanol–water partition coefficient (Wildman–Crippen LogP) is 1.23. The first-order chi connectivity index (χ1) is 9.38. The number of rotatable bonds is 5. The Bertz CT molecular complexity index is 531. The molecule has 0 amide bonds. The standard InChI is InChI=1S/C12H19N5OS/c1-13-6-2-3-10-16-17-11(14-15-12(17)19-10)9-4-7-18-8-5-9/h9,13H,2-8H2,1H3. The molecule has 104 valence electrons. The largest absolute Gasteiger partial charge is 0.381 e. The van der Waals surface area contributed by atoms with Gasteiger partial charge in [-0.15, -0.1) is 10.2 Å². The van der Waals surface area contributed by atoms with Crippen molar-refractivity contribution in [1.82, 2.24) is 25.1 Å². The van der Waals surface area contributed by atoms with E-state index in [1.165, 1.54) is 0 Å². The normalized spacial score (nSPS) is 17.3. The van der Waals surface area contributed by atoms with Crippen molar-refractivity contribution < 1.29 is 4.74 Å². The first-order valence-corrected chi connectivity index (χ1v) is 7.63. The second-order valence-corrected chi connectivity index (χ2v) is 5.88. The van der Waals surface area contributed by atoms with Gasteiger partial charge in [0.05, 0.1) is 0 Å². The zero-order chi connectivity index (χ0) is 13.1. The molecule has 1 saturated heterocycles. The second kappa shape index (κ2) is 5.94. The van der Waals surface area contributed by atoms with Gasteiger partial charge in [-0.1, -0.05) is 11.3 Å². The number of ether oxygens (including phenoxy) is 1. The van der Waals surface area contributed by atoms with Gasteiger partial charge < -0.3 is 10.1 Å². The quantitative estimate of drug-likeness (QED) is 0.835. The van der Waals surface area contributed by atoms with Crippen LogP contribution >= 0.6 is 11.3 Å². The summed E-state index contributed by atoms with van der Waals surface area (Å²) in [6.45, 7) is 2.66. The van der Waals surface area contributed by atoms with Crippen molar-refractivity contribution in [2.75, 3.05) is 26.8 Å². The van der Waals surface area contributed by atoms with Crippen LogP contribution in [0.2, 0.25) is 0 Å². The Balaban J connectivity index is 1.77. The van der Waals surface area contributed by atoms with E-state index in [4.69, 9.17) is 4.74 Å². The predicted molar refractivity (Wildman–Crippen MR) is 73.7 cm³/mol. The summed E-state index contributed by atoms with van der Waals surface area (Å²) in [6, 6.07) is 0. The smallest absolute Gasteiger partial charge is 0.234 e. The van der Waals surface area contributed by atoms with Crippen LogP contribution in [0, 0.1) is 0 Å². The van der Waals surface area contributed by atoms with Crippen LogP contribution in [0.15, 0.2) is 0 Å². The summed E-state index contributed by atoms with van der Waals surface area (Å²) in [5, 5.41) is 17.5. The van der Waals surface area contributed by atoms with Gasteiger partial charge in [0.2, 0.25) is 4.96 Å². The van der Waals surface area contributed by atoms with Gasteiger partial charge in [0.1, 0.15) is 5.01 Å². The Morgan fingerprint density at radius 2 is 2.21 bits per heavy atom. The monoisotopic (exact) mass is 281 g/mol. The Labute approximate surface area is 116 Å². The van der Waals surface area contributed by atoms with Crippen molar-refractivity contribution in [2.45, 2.75) is 31.6 Å². The Morgan fingerprint density at radius 3 is 3.00 bits per heavy atom. The lowest BCUT2D eigenvalue weighted by Gasteiger charge is -2.19. The Morgan fingerprint density at radius 1 is 1.37 bits per heavy atom. The molecule has 0 aromatic carbocycles. The molecule has 3 rings (SSSR count). The third kappa shape index (κ3) is 2.77. The Kier molecular flexibility index (Phi) is 4.05. The van der Waals surface area contributed by atoms with E-state index >= 15 is 0 Å². The Hall–Kier alpha value is -1.05. The second-order valence-electron chi connectivity index (χ2n) is 4.84. The van der Waals surface area contributed by atoms with Gasteiger partial charge in [0.25, 0.3) is 0 Å². The van der Waals surface area contributed by atoms with Crippen LogP contribution in [0.25, 0.3) is 4.96 Å². The van der Waals surface area contributed by atoms with Crippen LogP contribution in [0.5, 0.6) is 0 Å². The molecule has 0 bridgehead atoms. The molecule has 1 fully saturated rings. The molecule has 1 aliphatic rings. The van der Waals surface area contributed by atoms with Crippen LogP contribution in [0.1, 0.15) is 36.0 Å². The molecule has 0 atom stereocenters. The lowest BCUT2D eigenvalue weighted by molar-refractivity contribution is 0.0831. The van der Waals surface area contributed by atoms with Crippen molar-refractivity contribution in [3.05, 3.63) is 10.8 Å². The van der Waals surface area contributed by atoms with Crippen molar-refractivity contribution >= 4 is 16.3 Å². The van der Waals surface area contributed by atoms with E-state index in [-0.39, 0.29) is 0 Å². The van der Waals surface area contributed by atoms with E-state index in [0.717, 1.165) is 61.2 Å². The van der Waals surface area contributed by atoms with E-state index in [1.807, 2.05) is 11.6 Å². The van der Waals surface area contributed by atoms with E-state index < -0.39 is 0 Å². The summed E-state index contributed by atoms with van der Waals surface area (Å²) in [5.74, 6) is 1.45. The number of nitrogens with zero attached hydrogens (tertiary/aromatic N) is 4. The fourth-order valence-electron chi connectivity index (χ4n) is 2.40. The van der Waals surface area contributed by atoms with Gasteiger partial charge >= 0.3 is 0 Å². The highest BCUT2D eigenvalue weighted by Crippen LogP contribution is 2.27. The van der Waals surface area contributed by atoms with E-state index in [0.29, 0.717) is 5.92 Å². The lowest BCUT2D eigenvalue weighted by Crippen LogP contribution is -2.16. The molecule has 3 heterocycles. The average Bonchev–Trinajstić information content (AvgIpc) is 3.00. The van der Waals surface area contributed by atoms with Crippen LogP contribution in [0.3, 0.4) is 0 Å². The fraction of sp³-hybridized carbons (Fsp3) is 0.750. The first-order valence-electron chi connectivity index (χ1n) is 6.82. The minimum atomic E-state index is 0.441. The van der Waals surface area contributed by atoms with Gasteiger partial charge in [-0.25, -0.2) is 0 Å². The van der Waals surface area contributed by atoms with Crippen molar-refractivity contribution in [3.63, 3.8) is 0 Å². The highest BCUT2D eigenvalue weighted by atomic mass is 32.1. The minimum absolute atomic E-state index is 0.441. The molecule has 1 aliphatic heterocycles. The van der Waals surface area contributed by atoms with Gasteiger partial charge in [0.15, 0.2) is 5.82 Å². The number of fused-ring (bicyclic) bond motifs is 1. The van der Waals surface area contributed by atoms with Crippen molar-refractivity contribution in [1.29, 1.82) is 0 Å². The summed E-state index contributed by atoms with van der Waals surface area (Å²) in [7, 11) is 1.97. The summed E-state index contributed by atoms with van der Waals surface area (Å²) in [6.07, 6.45) is 4.15. The summed E-state index contributed by atoms with van der Waals surface area (Å²) >= 11 is 1.65. The molecular formula is C12H19N5OS. The zero-order valence-corrected chi connectivity index (χ0v) is 11.9. The number of hydrogen-bond acceptors (Lipinski definition) is 6. The molecular weight excluding hydrogens is 262 g/mol. The van der Waals surface area contributed by atoms with Crippen molar-refractivity contribution in [3.8, 4) is 0 Å². The maximum Gasteiger partial charge on any atom is 0.234 e. The maximum atomic E-state index is 5.40. The highest BCUT2D eigenvalue weighted by Gasteiger charge is 2.23. The van der Waals surface area contributed by atoms with Crippen LogP contribution in [-0.2, 0) is 11.2 Å². The molecule has 1 N–H and O–H groups in total. The summed E-state index contributed by atoms with van der Waals surface area (Å²) < 4.78 is 7.34. The van der Waals surface area contributed by atoms with Crippen LogP contribution in [0.4, 0.5) is 0 Å². The van der Waals surface area contributed by atoms with Crippen LogP contribution < -0.4 is 5.32 Å². The SMILES string of the molecule is CNCCCc1nn2c(C3CCOCC3)nnc2s1. The van der Waals surface area contributed by atoms with Crippen molar-refractivity contribution in [2.24, 2.45) is 0 Å². The van der Waals surface area contributed by atoms with E-state index in [9.17, 15) is 0 Å². The molecule has 0 saturated carbocycles. The van der Waals surface area contributed by atoms with Gasteiger partial charge in [-0.3, -0.25) is 0 Å². The molecule has 0 spiro atoms. The lowest BCUT2D eigenvalue weighted by atomic mass is 10.00. The molecule has 0 aliphatic carbocycles. The number of aromatic nitrogens is 4. The summed E-state index contributed by atoms with van der Waals surface area (Å²) in [4.78, 5) is 0.918. The first kappa shape index (κ1) is 13.0. The molecule has 0 radical (unpaired) electrons. The molecule has 7 heteroatoms.